The van der Waals surface area contributed by atoms with E-state index in [1.165, 1.54) is 26.0 Å². The van der Waals surface area contributed by atoms with Gasteiger partial charge in [0.1, 0.15) is 23.9 Å². The molecule has 66 heavy (non-hydrogen) atoms. The van der Waals surface area contributed by atoms with Crippen molar-refractivity contribution in [1.29, 1.82) is 0 Å². The van der Waals surface area contributed by atoms with E-state index in [1.54, 1.807) is 99.6 Å². The van der Waals surface area contributed by atoms with Crippen LogP contribution in [-0.4, -0.2) is 105 Å². The van der Waals surface area contributed by atoms with Gasteiger partial charge in [-0.05, 0) is 61.2 Å². The number of amides is 1. The van der Waals surface area contributed by atoms with Gasteiger partial charge in [-0.1, -0.05) is 100 Å². The predicted octanol–water partition coefficient (Wildman–Crippen LogP) is 5.30. The Morgan fingerprint density at radius 3 is 2.05 bits per heavy atom. The topological polar surface area (TPSA) is 221 Å². The van der Waals surface area contributed by atoms with Crippen molar-refractivity contribution in [2.75, 3.05) is 6.61 Å². The van der Waals surface area contributed by atoms with Gasteiger partial charge in [0.2, 0.25) is 0 Å². The Morgan fingerprint density at radius 1 is 0.864 bits per heavy atom. The number of carbonyl (C=O) groups is 6. The third kappa shape index (κ3) is 8.46. The van der Waals surface area contributed by atoms with E-state index >= 15 is 4.79 Å². The summed E-state index contributed by atoms with van der Waals surface area (Å²) in [5, 5.41) is 40.7. The average Bonchev–Trinajstić information content (AvgIpc) is 3.29. The molecule has 3 aromatic rings. The largest absolute Gasteiger partial charge is 0.456 e. The van der Waals surface area contributed by atoms with Crippen LogP contribution in [0.3, 0.4) is 0 Å². The van der Waals surface area contributed by atoms with E-state index in [1.807, 2.05) is 6.92 Å². The summed E-state index contributed by atoms with van der Waals surface area (Å²) in [6, 6.07) is 23.1. The lowest BCUT2D eigenvalue weighted by molar-refractivity contribution is -0.346. The molecule has 11 atom stereocenters. The van der Waals surface area contributed by atoms with Crippen molar-refractivity contribution in [2.24, 2.45) is 16.7 Å². The summed E-state index contributed by atoms with van der Waals surface area (Å²) < 4.78 is 30.9. The summed E-state index contributed by atoms with van der Waals surface area (Å²) in [5.74, 6) is -6.64. The lowest BCUT2D eigenvalue weighted by Crippen LogP contribution is -2.82. The monoisotopic (exact) mass is 909 g/mol. The molecule has 4 aliphatic rings. The Morgan fingerprint density at radius 2 is 1.47 bits per heavy atom. The van der Waals surface area contributed by atoms with Crippen LogP contribution in [0.5, 0.6) is 0 Å². The van der Waals surface area contributed by atoms with E-state index in [2.05, 4.69) is 5.32 Å². The number of rotatable bonds is 14. The van der Waals surface area contributed by atoms with Gasteiger partial charge < -0.3 is 44.3 Å². The molecule has 352 valence electrons. The molecule has 4 N–H and O–H groups in total. The fourth-order valence-electron chi connectivity index (χ4n) is 10.7. The third-order valence-electron chi connectivity index (χ3n) is 14.4. The molecule has 3 aliphatic carbocycles. The first-order chi connectivity index (χ1) is 31.3. The van der Waals surface area contributed by atoms with Gasteiger partial charge in [0, 0.05) is 37.2 Å². The maximum absolute atomic E-state index is 15.8. The molecule has 1 saturated heterocycles. The SMILES string of the molecule is CCCCCC(=O)O[C@H]1C(=O)[C@@]2(C)C([C@H](OC(=O)c3ccccc3)[C@]3(O)C[C@H](OC(=O)C(O)C(NC(=O)c4ccccc4)c4ccccc4)C(C)=C1C3(C)C)[C@]1(OC(C)=O)CO[C@@H]1C[C@@H]2O. The fraction of sp³-hybridized carbons (Fsp3) is 0.490. The summed E-state index contributed by atoms with van der Waals surface area (Å²) >= 11 is 0. The van der Waals surface area contributed by atoms with Crippen molar-refractivity contribution in [3.05, 3.63) is 119 Å². The number of nitrogens with one attached hydrogen (secondary N) is 1. The molecule has 0 spiro atoms. The highest BCUT2D eigenvalue weighted by atomic mass is 16.6. The Bertz CT molecular complexity index is 2350. The highest BCUT2D eigenvalue weighted by molar-refractivity contribution is 5.96. The minimum atomic E-state index is -2.40. The number of aliphatic hydroxyl groups excluding tert-OH is 2. The standard InChI is InChI=1S/C51H59NO14/c1-7-8-12-25-37(55)64-41-38-29(2)34(63-47(60)40(56)39(31-19-13-9-14-20-31)52-45(58)32-21-15-10-16-22-32)27-51(61,48(38,4)5)44(65-46(59)33-23-17-11-18-24-33)42-49(6,43(41)57)35(54)26-36-50(42,28-62-36)66-30(3)53/h9-11,13-24,34-36,39-42,44,54,56,61H,7-8,12,25-28H2,1-6H3,(H,52,58)/t34-,35-,36+,39?,40?,41+,42?,44-,49+,50-,51+/m0/s1. The molecule has 1 aliphatic heterocycles. The molecule has 15 heteroatoms. The van der Waals surface area contributed by atoms with E-state index in [-0.39, 0.29) is 41.7 Å². The van der Waals surface area contributed by atoms with Crippen molar-refractivity contribution >= 4 is 35.6 Å². The summed E-state index contributed by atoms with van der Waals surface area (Å²) in [6.45, 7) is 8.98. The second-order valence-corrected chi connectivity index (χ2v) is 18.7. The lowest BCUT2D eigenvalue weighted by Gasteiger charge is -2.67. The Hall–Kier alpha value is -5.74. The zero-order chi connectivity index (χ0) is 47.8. The molecule has 1 amide bonds. The number of ether oxygens (including phenoxy) is 5. The molecule has 3 unspecified atom stereocenters. The van der Waals surface area contributed by atoms with Crippen molar-refractivity contribution in [2.45, 2.75) is 134 Å². The number of Topliss-reactive ketones (excluding diaryl/α,β-unsaturated/α-hetero) is 1. The minimum Gasteiger partial charge on any atom is -0.456 e. The second kappa shape index (κ2) is 18.9. The molecule has 3 fully saturated rings. The van der Waals surface area contributed by atoms with Crippen LogP contribution < -0.4 is 5.32 Å². The predicted molar refractivity (Wildman–Crippen MR) is 236 cm³/mol. The first kappa shape index (κ1) is 48.2. The Labute approximate surface area is 383 Å². The van der Waals surface area contributed by atoms with Crippen molar-refractivity contribution in [3.63, 3.8) is 0 Å². The smallest absolute Gasteiger partial charge is 0.338 e. The molecule has 0 aromatic heterocycles. The second-order valence-electron chi connectivity index (χ2n) is 18.7. The number of benzene rings is 3. The van der Waals surface area contributed by atoms with Gasteiger partial charge in [0.05, 0.1) is 35.6 Å². The van der Waals surface area contributed by atoms with Crippen molar-refractivity contribution < 1.29 is 67.8 Å². The van der Waals surface area contributed by atoms with Crippen molar-refractivity contribution in [3.8, 4) is 0 Å². The lowest BCUT2D eigenvalue weighted by atomic mass is 9.44. The number of hydrogen-bond donors (Lipinski definition) is 4. The van der Waals surface area contributed by atoms with Crippen molar-refractivity contribution in [1.82, 2.24) is 5.32 Å². The molecular weight excluding hydrogens is 851 g/mol. The highest BCUT2D eigenvalue weighted by Crippen LogP contribution is 2.64. The van der Waals surface area contributed by atoms with Crippen LogP contribution in [0.4, 0.5) is 0 Å². The zero-order valence-electron chi connectivity index (χ0n) is 38.1. The van der Waals surface area contributed by atoms with Gasteiger partial charge >= 0.3 is 23.9 Å². The maximum Gasteiger partial charge on any atom is 0.338 e. The quantitative estimate of drug-likeness (QED) is 0.0699. The molecular formula is C51H59NO14. The Balaban J connectivity index is 1.40. The molecule has 1 heterocycles. The van der Waals surface area contributed by atoms with Gasteiger partial charge in [-0.25, -0.2) is 9.59 Å². The van der Waals surface area contributed by atoms with Crippen LogP contribution in [0.2, 0.25) is 0 Å². The third-order valence-corrected chi connectivity index (χ3v) is 14.4. The summed E-state index contributed by atoms with van der Waals surface area (Å²) in [6.07, 6.45) is -8.65. The van der Waals surface area contributed by atoms with Gasteiger partial charge in [-0.15, -0.1) is 0 Å². The molecule has 7 rings (SSSR count). The molecule has 15 nitrogen and oxygen atoms in total. The minimum absolute atomic E-state index is 0.0236. The average molecular weight is 910 g/mol. The number of carbonyl (C=O) groups excluding carboxylic acids is 6. The van der Waals surface area contributed by atoms with Gasteiger partial charge in [-0.2, -0.15) is 0 Å². The molecule has 0 radical (unpaired) electrons. The summed E-state index contributed by atoms with van der Waals surface area (Å²) in [7, 11) is 0. The van der Waals surface area contributed by atoms with Crippen LogP contribution >= 0.6 is 0 Å². The van der Waals surface area contributed by atoms with E-state index in [0.717, 1.165) is 6.42 Å². The van der Waals surface area contributed by atoms with Gasteiger partial charge in [0.25, 0.3) is 5.91 Å². The summed E-state index contributed by atoms with van der Waals surface area (Å²) in [5.41, 5.74) is -6.98. The molecule has 2 bridgehead atoms. The summed E-state index contributed by atoms with van der Waals surface area (Å²) in [4.78, 5) is 85.1. The number of unbranched alkanes of at least 4 members (excludes halogenated alkanes) is 2. The fourth-order valence-corrected chi connectivity index (χ4v) is 10.7. The number of fused-ring (bicyclic) bond motifs is 5. The number of aliphatic hydroxyl groups is 3. The highest BCUT2D eigenvalue weighted by Gasteiger charge is 2.78. The maximum atomic E-state index is 15.8. The first-order valence-corrected chi connectivity index (χ1v) is 22.5. The normalized spacial score (nSPS) is 30.7. The van der Waals surface area contributed by atoms with E-state index in [9.17, 15) is 39.3 Å². The van der Waals surface area contributed by atoms with Crippen LogP contribution in [0.25, 0.3) is 0 Å². The van der Waals surface area contributed by atoms with Crippen LogP contribution in [0.15, 0.2) is 102 Å². The number of hydrogen-bond acceptors (Lipinski definition) is 14. The Kier molecular flexibility index (Phi) is 13.8. The van der Waals surface area contributed by atoms with E-state index < -0.39 is 113 Å². The van der Waals surface area contributed by atoms with Crippen LogP contribution in [0, 0.1) is 16.7 Å². The molecule has 3 aromatic carbocycles. The zero-order valence-corrected chi connectivity index (χ0v) is 38.1. The van der Waals surface area contributed by atoms with E-state index in [4.69, 9.17) is 23.7 Å². The molecule has 2 saturated carbocycles. The van der Waals surface area contributed by atoms with Gasteiger partial charge in [-0.3, -0.25) is 19.2 Å². The first-order valence-electron chi connectivity index (χ1n) is 22.5. The number of ketones is 1. The van der Waals surface area contributed by atoms with E-state index in [0.29, 0.717) is 18.4 Å². The van der Waals surface area contributed by atoms with Crippen LogP contribution in [0.1, 0.15) is 112 Å². The number of esters is 4. The van der Waals surface area contributed by atoms with Crippen LogP contribution in [-0.2, 0) is 42.9 Å². The van der Waals surface area contributed by atoms with Gasteiger partial charge in [0.15, 0.2) is 23.6 Å².